The predicted octanol–water partition coefficient (Wildman–Crippen LogP) is 3.97. The van der Waals surface area contributed by atoms with Crippen molar-refractivity contribution in [2.24, 2.45) is 0 Å². The van der Waals surface area contributed by atoms with Crippen molar-refractivity contribution in [3.63, 3.8) is 0 Å². The molecule has 2 atom stereocenters. The van der Waals surface area contributed by atoms with E-state index in [0.29, 0.717) is 21.3 Å². The predicted molar refractivity (Wildman–Crippen MR) is 86.6 cm³/mol. The third kappa shape index (κ3) is 3.97. The highest BCUT2D eigenvalue weighted by atomic mass is 35.5. The second-order valence-corrected chi connectivity index (χ2v) is 7.64. The van der Waals surface area contributed by atoms with Crippen molar-refractivity contribution in [3.05, 3.63) is 33.8 Å². The number of halogens is 2. The molecule has 0 bridgehead atoms. The molecule has 0 spiro atoms. The first-order valence-electron chi connectivity index (χ1n) is 6.01. The molecule has 1 aromatic rings. The molecule has 1 aliphatic heterocycles. The summed E-state index contributed by atoms with van der Waals surface area (Å²) in [5.74, 6) is 3.77. The van der Waals surface area contributed by atoms with Gasteiger partial charge in [0.1, 0.15) is 0 Å². The number of hydrogen-bond acceptors (Lipinski definition) is 3. The third-order valence-electron chi connectivity index (χ3n) is 3.10. The lowest BCUT2D eigenvalue weighted by atomic mass is 10.0. The van der Waals surface area contributed by atoms with Crippen LogP contribution in [0.15, 0.2) is 18.2 Å². The quantitative estimate of drug-likeness (QED) is 0.901. The summed E-state index contributed by atoms with van der Waals surface area (Å²) >= 11 is 16.1. The van der Waals surface area contributed by atoms with Crippen LogP contribution < -0.4 is 5.32 Å². The van der Waals surface area contributed by atoms with Gasteiger partial charge in [0, 0.05) is 28.6 Å². The van der Waals surface area contributed by atoms with Crippen LogP contribution in [0.2, 0.25) is 10.0 Å². The SMILES string of the molecule is CNC(Cc1ccc(Cl)c(Cl)c1)C1CSCCS1. The summed E-state index contributed by atoms with van der Waals surface area (Å²) in [6, 6.07) is 6.43. The summed E-state index contributed by atoms with van der Waals surface area (Å²) in [6.45, 7) is 0. The Morgan fingerprint density at radius 3 is 2.78 bits per heavy atom. The monoisotopic (exact) mass is 321 g/mol. The van der Waals surface area contributed by atoms with Crippen molar-refractivity contribution in [3.8, 4) is 0 Å². The Hall–Kier alpha value is 0.460. The van der Waals surface area contributed by atoms with Crippen molar-refractivity contribution < 1.29 is 0 Å². The Bertz CT molecular complexity index is 395. The van der Waals surface area contributed by atoms with Crippen molar-refractivity contribution >= 4 is 46.7 Å². The first-order chi connectivity index (χ1) is 8.70. The van der Waals surface area contributed by atoms with Gasteiger partial charge in [0.15, 0.2) is 0 Å². The largest absolute Gasteiger partial charge is 0.316 e. The van der Waals surface area contributed by atoms with E-state index in [4.69, 9.17) is 23.2 Å². The summed E-state index contributed by atoms with van der Waals surface area (Å²) < 4.78 is 0. The summed E-state index contributed by atoms with van der Waals surface area (Å²) in [5, 5.41) is 5.40. The fraction of sp³-hybridized carbons (Fsp3) is 0.538. The Morgan fingerprint density at radius 1 is 1.33 bits per heavy atom. The van der Waals surface area contributed by atoms with Crippen LogP contribution in [0.25, 0.3) is 0 Å². The second-order valence-electron chi connectivity index (χ2n) is 4.33. The average Bonchev–Trinajstić information content (AvgIpc) is 2.41. The normalized spacial score (nSPS) is 21.8. The summed E-state index contributed by atoms with van der Waals surface area (Å²) in [7, 11) is 2.04. The maximum absolute atomic E-state index is 6.06. The lowest BCUT2D eigenvalue weighted by molar-refractivity contribution is 0.557. The lowest BCUT2D eigenvalue weighted by Gasteiger charge is -2.29. The van der Waals surface area contributed by atoms with Gasteiger partial charge >= 0.3 is 0 Å². The molecular formula is C13H17Cl2NS2. The van der Waals surface area contributed by atoms with E-state index in [1.807, 2.05) is 19.2 Å². The van der Waals surface area contributed by atoms with Crippen LogP contribution in [0.3, 0.4) is 0 Å². The number of thioether (sulfide) groups is 2. The van der Waals surface area contributed by atoms with E-state index in [1.165, 1.54) is 22.8 Å². The molecule has 18 heavy (non-hydrogen) atoms. The molecule has 2 unspecified atom stereocenters. The molecule has 100 valence electrons. The maximum Gasteiger partial charge on any atom is 0.0595 e. The fourth-order valence-corrected chi connectivity index (χ4v) is 5.33. The van der Waals surface area contributed by atoms with Crippen molar-refractivity contribution in [1.82, 2.24) is 5.32 Å². The highest BCUT2D eigenvalue weighted by molar-refractivity contribution is 8.06. The van der Waals surface area contributed by atoms with Crippen LogP contribution in [0.5, 0.6) is 0 Å². The molecule has 1 fully saturated rings. The van der Waals surface area contributed by atoms with E-state index in [0.717, 1.165) is 6.42 Å². The number of benzene rings is 1. The average molecular weight is 322 g/mol. The molecule has 1 aliphatic rings. The second kappa shape index (κ2) is 7.30. The van der Waals surface area contributed by atoms with Gasteiger partial charge in [-0.1, -0.05) is 29.3 Å². The summed E-state index contributed by atoms with van der Waals surface area (Å²) in [5.41, 5.74) is 1.25. The van der Waals surface area contributed by atoms with E-state index in [-0.39, 0.29) is 0 Å². The van der Waals surface area contributed by atoms with Gasteiger partial charge in [-0.05, 0) is 31.2 Å². The van der Waals surface area contributed by atoms with Gasteiger partial charge in [-0.2, -0.15) is 23.5 Å². The minimum Gasteiger partial charge on any atom is -0.316 e. The molecule has 0 saturated carbocycles. The number of rotatable bonds is 4. The molecule has 0 aliphatic carbocycles. The van der Waals surface area contributed by atoms with Gasteiger partial charge in [-0.3, -0.25) is 0 Å². The van der Waals surface area contributed by atoms with Crippen LogP contribution in [0, 0.1) is 0 Å². The van der Waals surface area contributed by atoms with Gasteiger partial charge in [0.25, 0.3) is 0 Å². The molecule has 1 nitrogen and oxygen atoms in total. The van der Waals surface area contributed by atoms with Gasteiger partial charge in [0.05, 0.1) is 10.0 Å². The van der Waals surface area contributed by atoms with Crippen molar-refractivity contribution in [1.29, 1.82) is 0 Å². The molecule has 0 aromatic heterocycles. The van der Waals surface area contributed by atoms with Crippen LogP contribution in [-0.4, -0.2) is 35.6 Å². The highest BCUT2D eigenvalue weighted by Crippen LogP contribution is 2.29. The molecule has 0 amide bonds. The molecule has 5 heteroatoms. The topological polar surface area (TPSA) is 12.0 Å². The zero-order valence-electron chi connectivity index (χ0n) is 10.3. The Balaban J connectivity index is 2.02. The molecule has 1 N–H and O–H groups in total. The standard InChI is InChI=1S/C13H17Cl2NS2/c1-16-12(13-8-17-4-5-18-13)7-9-2-3-10(14)11(15)6-9/h2-3,6,12-13,16H,4-5,7-8H2,1H3. The van der Waals surface area contributed by atoms with E-state index >= 15 is 0 Å². The zero-order valence-corrected chi connectivity index (χ0v) is 13.4. The first-order valence-corrected chi connectivity index (χ1v) is 8.97. The Morgan fingerprint density at radius 2 is 2.17 bits per heavy atom. The smallest absolute Gasteiger partial charge is 0.0595 e. The summed E-state index contributed by atoms with van der Waals surface area (Å²) in [4.78, 5) is 0. The molecule has 1 saturated heterocycles. The summed E-state index contributed by atoms with van der Waals surface area (Å²) in [6.07, 6.45) is 1.01. The maximum atomic E-state index is 6.06. The molecule has 2 rings (SSSR count). The molecule has 1 aromatic carbocycles. The van der Waals surface area contributed by atoms with Crippen LogP contribution >= 0.6 is 46.7 Å². The van der Waals surface area contributed by atoms with E-state index < -0.39 is 0 Å². The minimum atomic E-state index is 0.500. The third-order valence-corrected chi connectivity index (χ3v) is 6.76. The van der Waals surface area contributed by atoms with Gasteiger partial charge < -0.3 is 5.32 Å². The fourth-order valence-electron chi connectivity index (χ4n) is 2.08. The first kappa shape index (κ1) is 14.9. The van der Waals surface area contributed by atoms with Gasteiger partial charge in [-0.15, -0.1) is 0 Å². The van der Waals surface area contributed by atoms with Crippen molar-refractivity contribution in [2.45, 2.75) is 17.7 Å². The van der Waals surface area contributed by atoms with E-state index in [1.54, 1.807) is 0 Å². The highest BCUT2D eigenvalue weighted by Gasteiger charge is 2.23. The van der Waals surface area contributed by atoms with Crippen LogP contribution in [0.4, 0.5) is 0 Å². The Kier molecular flexibility index (Phi) is 6.02. The molecule has 1 heterocycles. The number of nitrogens with one attached hydrogen (secondary N) is 1. The Labute approximate surface area is 127 Å². The van der Waals surface area contributed by atoms with Gasteiger partial charge in [0.2, 0.25) is 0 Å². The molecular weight excluding hydrogens is 305 g/mol. The zero-order chi connectivity index (χ0) is 13.0. The van der Waals surface area contributed by atoms with E-state index in [9.17, 15) is 0 Å². The lowest BCUT2D eigenvalue weighted by Crippen LogP contribution is -2.40. The minimum absolute atomic E-state index is 0.500. The number of hydrogen-bond donors (Lipinski definition) is 1. The van der Waals surface area contributed by atoms with Crippen LogP contribution in [-0.2, 0) is 6.42 Å². The van der Waals surface area contributed by atoms with Gasteiger partial charge in [-0.25, -0.2) is 0 Å². The van der Waals surface area contributed by atoms with Crippen LogP contribution in [0.1, 0.15) is 5.56 Å². The van der Waals surface area contributed by atoms with Crippen molar-refractivity contribution in [2.75, 3.05) is 24.3 Å². The van der Waals surface area contributed by atoms with E-state index in [2.05, 4.69) is 34.9 Å². The number of likely N-dealkylation sites (N-methyl/N-ethyl adjacent to an activating group) is 1. The molecule has 0 radical (unpaired) electrons.